The second-order valence-corrected chi connectivity index (χ2v) is 5.55. The fraction of sp³-hybridized carbons (Fsp3) is 0.562. The zero-order chi connectivity index (χ0) is 14.4. The van der Waals surface area contributed by atoms with E-state index in [1.54, 1.807) is 12.1 Å². The summed E-state index contributed by atoms with van der Waals surface area (Å²) in [6.07, 6.45) is 2.47. The minimum atomic E-state index is 0.275. The molecule has 1 saturated heterocycles. The lowest BCUT2D eigenvalue weighted by Crippen LogP contribution is -2.43. The molecule has 1 aromatic carbocycles. The summed E-state index contributed by atoms with van der Waals surface area (Å²) in [5.41, 5.74) is 6.65. The predicted octanol–water partition coefficient (Wildman–Crippen LogP) is 2.00. The van der Waals surface area contributed by atoms with E-state index >= 15 is 0 Å². The number of rotatable bonds is 5. The van der Waals surface area contributed by atoms with E-state index in [0.29, 0.717) is 18.1 Å². The van der Waals surface area contributed by atoms with Gasteiger partial charge in [-0.05, 0) is 56.5 Å². The van der Waals surface area contributed by atoms with E-state index in [1.807, 2.05) is 12.1 Å². The quantitative estimate of drug-likeness (QED) is 0.891. The molecule has 4 nitrogen and oxygen atoms in total. The summed E-state index contributed by atoms with van der Waals surface area (Å²) in [7, 11) is 0. The molecule has 2 N–H and O–H groups in total. The largest absolute Gasteiger partial charge is 0.492 e. The molecule has 108 valence electrons. The minimum absolute atomic E-state index is 0.275. The van der Waals surface area contributed by atoms with Gasteiger partial charge >= 0.3 is 0 Å². The first-order valence-corrected chi connectivity index (χ1v) is 7.30. The van der Waals surface area contributed by atoms with Gasteiger partial charge in [0.25, 0.3) is 0 Å². The summed E-state index contributed by atoms with van der Waals surface area (Å²) in [5, 5.41) is 8.74. The van der Waals surface area contributed by atoms with E-state index in [4.69, 9.17) is 15.7 Å². The van der Waals surface area contributed by atoms with Crippen molar-refractivity contribution in [3.63, 3.8) is 0 Å². The van der Waals surface area contributed by atoms with E-state index in [-0.39, 0.29) is 6.04 Å². The molecule has 0 saturated carbocycles. The molecule has 0 spiro atoms. The van der Waals surface area contributed by atoms with Gasteiger partial charge in [0.05, 0.1) is 11.6 Å². The highest BCUT2D eigenvalue weighted by molar-refractivity contribution is 5.34. The van der Waals surface area contributed by atoms with Crippen molar-refractivity contribution >= 4 is 0 Å². The number of nitrogens with two attached hydrogens (primary N) is 1. The number of benzene rings is 1. The number of ether oxygens (including phenoxy) is 1. The lowest BCUT2D eigenvalue weighted by molar-refractivity contribution is 0.137. The van der Waals surface area contributed by atoms with Crippen LogP contribution in [0.15, 0.2) is 24.3 Å². The highest BCUT2D eigenvalue weighted by Gasteiger charge is 2.22. The molecule has 0 bridgehead atoms. The van der Waals surface area contributed by atoms with Crippen molar-refractivity contribution in [1.29, 1.82) is 5.26 Å². The molecule has 0 aromatic heterocycles. The van der Waals surface area contributed by atoms with Crippen molar-refractivity contribution in [2.24, 2.45) is 11.7 Å². The molecule has 0 amide bonds. The van der Waals surface area contributed by atoms with E-state index in [1.165, 1.54) is 12.8 Å². The highest BCUT2D eigenvalue weighted by Crippen LogP contribution is 2.18. The monoisotopic (exact) mass is 273 g/mol. The molecular formula is C16H23N3O. The molecule has 2 unspecified atom stereocenters. The van der Waals surface area contributed by atoms with Crippen LogP contribution in [-0.2, 0) is 0 Å². The Morgan fingerprint density at radius 1 is 1.45 bits per heavy atom. The van der Waals surface area contributed by atoms with Crippen molar-refractivity contribution < 1.29 is 4.74 Å². The van der Waals surface area contributed by atoms with Crippen LogP contribution in [-0.4, -0.2) is 37.2 Å². The molecule has 1 aromatic rings. The van der Waals surface area contributed by atoms with Gasteiger partial charge in [0.1, 0.15) is 12.4 Å². The van der Waals surface area contributed by atoms with Crippen LogP contribution in [0.3, 0.4) is 0 Å². The molecule has 2 rings (SSSR count). The van der Waals surface area contributed by atoms with Gasteiger partial charge < -0.3 is 10.5 Å². The topological polar surface area (TPSA) is 62.3 Å². The average molecular weight is 273 g/mol. The van der Waals surface area contributed by atoms with Crippen molar-refractivity contribution in [1.82, 2.24) is 4.90 Å². The Balaban J connectivity index is 1.73. The first-order valence-electron chi connectivity index (χ1n) is 7.30. The zero-order valence-corrected chi connectivity index (χ0v) is 12.1. The Morgan fingerprint density at radius 2 is 2.20 bits per heavy atom. The van der Waals surface area contributed by atoms with E-state index in [2.05, 4.69) is 17.9 Å². The van der Waals surface area contributed by atoms with Gasteiger partial charge in [-0.25, -0.2) is 0 Å². The predicted molar refractivity (Wildman–Crippen MR) is 79.5 cm³/mol. The van der Waals surface area contributed by atoms with Crippen LogP contribution in [0.1, 0.15) is 25.3 Å². The van der Waals surface area contributed by atoms with Crippen molar-refractivity contribution in [2.45, 2.75) is 25.8 Å². The summed E-state index contributed by atoms with van der Waals surface area (Å²) in [6.45, 7) is 5.93. The number of nitrogens with zero attached hydrogens (tertiary/aromatic N) is 2. The van der Waals surface area contributed by atoms with Gasteiger partial charge in [0, 0.05) is 19.1 Å². The van der Waals surface area contributed by atoms with Gasteiger partial charge in [-0.15, -0.1) is 0 Å². The third kappa shape index (κ3) is 4.22. The SMILES string of the molecule is CC(N)C1CCCN(CCOc2ccc(C#N)cc2)C1. The molecule has 1 fully saturated rings. The van der Waals surface area contributed by atoms with E-state index in [9.17, 15) is 0 Å². The summed E-state index contributed by atoms with van der Waals surface area (Å²) < 4.78 is 5.72. The molecule has 1 aliphatic heterocycles. The number of hydrogen-bond acceptors (Lipinski definition) is 4. The average Bonchev–Trinajstić information content (AvgIpc) is 2.48. The second-order valence-electron chi connectivity index (χ2n) is 5.55. The van der Waals surface area contributed by atoms with Crippen LogP contribution in [0.2, 0.25) is 0 Å². The first-order chi connectivity index (χ1) is 9.69. The Morgan fingerprint density at radius 3 is 2.85 bits per heavy atom. The standard InChI is InChI=1S/C16H23N3O/c1-13(18)15-3-2-8-19(12-15)9-10-20-16-6-4-14(11-17)5-7-16/h4-7,13,15H,2-3,8-10,12,18H2,1H3. The van der Waals surface area contributed by atoms with Crippen LogP contribution >= 0.6 is 0 Å². The number of piperidine rings is 1. The maximum absolute atomic E-state index is 8.74. The molecule has 1 aliphatic rings. The van der Waals surface area contributed by atoms with Crippen LogP contribution < -0.4 is 10.5 Å². The smallest absolute Gasteiger partial charge is 0.119 e. The van der Waals surface area contributed by atoms with Gasteiger partial charge in [0.15, 0.2) is 0 Å². The Labute approximate surface area is 121 Å². The van der Waals surface area contributed by atoms with Crippen LogP contribution in [0.25, 0.3) is 0 Å². The highest BCUT2D eigenvalue weighted by atomic mass is 16.5. The number of hydrogen-bond donors (Lipinski definition) is 1. The normalized spacial score (nSPS) is 21.1. The first kappa shape index (κ1) is 14.8. The third-order valence-corrected chi connectivity index (χ3v) is 3.95. The summed E-state index contributed by atoms with van der Waals surface area (Å²) >= 11 is 0. The minimum Gasteiger partial charge on any atom is -0.492 e. The van der Waals surface area contributed by atoms with Crippen LogP contribution in [0, 0.1) is 17.2 Å². The van der Waals surface area contributed by atoms with Crippen LogP contribution in [0.5, 0.6) is 5.75 Å². The molecule has 4 heteroatoms. The Bertz CT molecular complexity index is 450. The fourth-order valence-electron chi connectivity index (χ4n) is 2.64. The maximum atomic E-state index is 8.74. The number of likely N-dealkylation sites (tertiary alicyclic amines) is 1. The van der Waals surface area contributed by atoms with Gasteiger partial charge in [-0.2, -0.15) is 5.26 Å². The molecule has 2 atom stereocenters. The summed E-state index contributed by atoms with van der Waals surface area (Å²) in [5.74, 6) is 1.43. The van der Waals surface area contributed by atoms with Gasteiger partial charge in [-0.3, -0.25) is 4.90 Å². The lowest BCUT2D eigenvalue weighted by atomic mass is 9.92. The van der Waals surface area contributed by atoms with Crippen LogP contribution in [0.4, 0.5) is 0 Å². The van der Waals surface area contributed by atoms with Gasteiger partial charge in [0.2, 0.25) is 0 Å². The molecule has 1 heterocycles. The van der Waals surface area contributed by atoms with E-state index < -0.39 is 0 Å². The van der Waals surface area contributed by atoms with Crippen molar-refractivity contribution in [3.8, 4) is 11.8 Å². The molecule has 0 radical (unpaired) electrons. The fourth-order valence-corrected chi connectivity index (χ4v) is 2.64. The molecule has 0 aliphatic carbocycles. The maximum Gasteiger partial charge on any atom is 0.119 e. The molecule has 20 heavy (non-hydrogen) atoms. The Kier molecular flexibility index (Phi) is 5.40. The second kappa shape index (κ2) is 7.28. The summed E-state index contributed by atoms with van der Waals surface area (Å²) in [6, 6.07) is 9.63. The van der Waals surface area contributed by atoms with E-state index in [0.717, 1.165) is 25.4 Å². The van der Waals surface area contributed by atoms with Crippen molar-refractivity contribution in [2.75, 3.05) is 26.2 Å². The molecular weight excluding hydrogens is 250 g/mol. The van der Waals surface area contributed by atoms with Gasteiger partial charge in [-0.1, -0.05) is 0 Å². The van der Waals surface area contributed by atoms with Crippen molar-refractivity contribution in [3.05, 3.63) is 29.8 Å². The number of nitriles is 1. The summed E-state index contributed by atoms with van der Waals surface area (Å²) in [4.78, 5) is 2.43. The Hall–Kier alpha value is -1.57. The lowest BCUT2D eigenvalue weighted by Gasteiger charge is -2.34. The third-order valence-electron chi connectivity index (χ3n) is 3.95. The zero-order valence-electron chi connectivity index (χ0n) is 12.1.